The first-order valence-corrected chi connectivity index (χ1v) is 6.67. The number of hydrogen-bond donors (Lipinski definition) is 1. The van der Waals surface area contributed by atoms with E-state index in [4.69, 9.17) is 0 Å². The Bertz CT molecular complexity index is 953. The van der Waals surface area contributed by atoms with Crippen molar-refractivity contribution in [1.82, 2.24) is 24.4 Å². The maximum absolute atomic E-state index is 9.31. The standard InChI is InChI=1S/C15H13N5O/c1-10-13(9-21)16-15-8-11(6-7-19(10)15)20-14-5-3-2-4-12(14)17-18-20/h2-8,21H,9H2,1H3. The fourth-order valence-corrected chi connectivity index (χ4v) is 2.55. The molecule has 0 saturated heterocycles. The Labute approximate surface area is 120 Å². The molecule has 0 bridgehead atoms. The van der Waals surface area contributed by atoms with Crippen molar-refractivity contribution in [3.05, 3.63) is 54.0 Å². The molecule has 0 unspecified atom stereocenters. The summed E-state index contributed by atoms with van der Waals surface area (Å²) in [5.41, 5.74) is 5.12. The fourth-order valence-electron chi connectivity index (χ4n) is 2.55. The molecule has 6 heteroatoms. The van der Waals surface area contributed by atoms with Crippen molar-refractivity contribution < 1.29 is 5.11 Å². The number of para-hydroxylation sites is 1. The van der Waals surface area contributed by atoms with Crippen LogP contribution in [0.25, 0.3) is 22.4 Å². The van der Waals surface area contributed by atoms with Crippen LogP contribution in [0, 0.1) is 6.92 Å². The van der Waals surface area contributed by atoms with E-state index in [9.17, 15) is 5.11 Å². The molecule has 0 spiro atoms. The molecule has 0 amide bonds. The SMILES string of the molecule is Cc1c(CO)nc2cc(-n3nnc4ccccc43)ccn12. The predicted molar refractivity (Wildman–Crippen MR) is 78.3 cm³/mol. The van der Waals surface area contributed by atoms with Crippen LogP contribution in [0.4, 0.5) is 0 Å². The highest BCUT2D eigenvalue weighted by molar-refractivity contribution is 5.76. The van der Waals surface area contributed by atoms with Crippen LogP contribution in [-0.4, -0.2) is 29.5 Å². The van der Waals surface area contributed by atoms with Crippen molar-refractivity contribution >= 4 is 16.7 Å². The lowest BCUT2D eigenvalue weighted by Gasteiger charge is -2.03. The third kappa shape index (κ3) is 1.73. The Hall–Kier alpha value is -2.73. The Morgan fingerprint density at radius 1 is 1.19 bits per heavy atom. The molecular weight excluding hydrogens is 266 g/mol. The molecule has 0 aliphatic heterocycles. The van der Waals surface area contributed by atoms with Gasteiger partial charge >= 0.3 is 0 Å². The van der Waals surface area contributed by atoms with Gasteiger partial charge in [-0.3, -0.25) is 0 Å². The van der Waals surface area contributed by atoms with E-state index in [1.54, 1.807) is 4.68 Å². The van der Waals surface area contributed by atoms with Gasteiger partial charge in [-0.15, -0.1) is 5.10 Å². The largest absolute Gasteiger partial charge is 0.390 e. The minimum atomic E-state index is -0.0604. The lowest BCUT2D eigenvalue weighted by Crippen LogP contribution is -1.98. The lowest BCUT2D eigenvalue weighted by molar-refractivity contribution is 0.276. The van der Waals surface area contributed by atoms with Crippen molar-refractivity contribution in [2.45, 2.75) is 13.5 Å². The zero-order chi connectivity index (χ0) is 14.4. The summed E-state index contributed by atoms with van der Waals surface area (Å²) in [6.07, 6.45) is 1.93. The van der Waals surface area contributed by atoms with Gasteiger partial charge in [-0.2, -0.15) is 0 Å². The molecule has 0 fully saturated rings. The van der Waals surface area contributed by atoms with E-state index >= 15 is 0 Å². The number of hydrogen-bond acceptors (Lipinski definition) is 4. The van der Waals surface area contributed by atoms with Crippen LogP contribution in [0.3, 0.4) is 0 Å². The van der Waals surface area contributed by atoms with Crippen LogP contribution in [-0.2, 0) is 6.61 Å². The number of aliphatic hydroxyl groups excluding tert-OH is 1. The Morgan fingerprint density at radius 3 is 2.90 bits per heavy atom. The summed E-state index contributed by atoms with van der Waals surface area (Å²) in [5.74, 6) is 0. The summed E-state index contributed by atoms with van der Waals surface area (Å²) >= 11 is 0. The van der Waals surface area contributed by atoms with Crippen molar-refractivity contribution in [1.29, 1.82) is 0 Å². The molecular formula is C15H13N5O. The zero-order valence-corrected chi connectivity index (χ0v) is 11.4. The van der Waals surface area contributed by atoms with Gasteiger partial charge in [0.15, 0.2) is 0 Å². The molecule has 0 radical (unpaired) electrons. The number of aryl methyl sites for hydroxylation is 1. The monoisotopic (exact) mass is 279 g/mol. The molecule has 1 N–H and O–H groups in total. The number of fused-ring (bicyclic) bond motifs is 2. The Balaban J connectivity index is 1.94. The van der Waals surface area contributed by atoms with Crippen LogP contribution in [0.1, 0.15) is 11.4 Å². The molecule has 3 aromatic heterocycles. The Kier molecular flexibility index (Phi) is 2.52. The van der Waals surface area contributed by atoms with Crippen molar-refractivity contribution in [3.63, 3.8) is 0 Å². The van der Waals surface area contributed by atoms with E-state index in [1.807, 2.05) is 53.9 Å². The number of pyridine rings is 1. The second-order valence-corrected chi connectivity index (χ2v) is 4.91. The van der Waals surface area contributed by atoms with Gasteiger partial charge in [0.05, 0.1) is 23.5 Å². The molecule has 0 atom stereocenters. The second-order valence-electron chi connectivity index (χ2n) is 4.91. The number of benzene rings is 1. The van der Waals surface area contributed by atoms with Gasteiger partial charge in [0.25, 0.3) is 0 Å². The van der Waals surface area contributed by atoms with Crippen LogP contribution >= 0.6 is 0 Å². The number of nitrogens with zero attached hydrogens (tertiary/aromatic N) is 5. The summed E-state index contributed by atoms with van der Waals surface area (Å²) in [7, 11) is 0. The number of rotatable bonds is 2. The fraction of sp³-hybridized carbons (Fsp3) is 0.133. The van der Waals surface area contributed by atoms with E-state index in [0.717, 1.165) is 28.1 Å². The summed E-state index contributed by atoms with van der Waals surface area (Å²) in [6, 6.07) is 11.7. The molecule has 0 saturated carbocycles. The summed E-state index contributed by atoms with van der Waals surface area (Å²) < 4.78 is 3.74. The van der Waals surface area contributed by atoms with Crippen molar-refractivity contribution in [3.8, 4) is 5.69 Å². The zero-order valence-electron chi connectivity index (χ0n) is 11.4. The van der Waals surface area contributed by atoms with Gasteiger partial charge in [-0.1, -0.05) is 17.3 Å². The van der Waals surface area contributed by atoms with Crippen LogP contribution in [0.5, 0.6) is 0 Å². The topological polar surface area (TPSA) is 68.2 Å². The summed E-state index contributed by atoms with van der Waals surface area (Å²) in [4.78, 5) is 4.43. The first-order valence-electron chi connectivity index (χ1n) is 6.67. The van der Waals surface area contributed by atoms with Crippen LogP contribution in [0.2, 0.25) is 0 Å². The van der Waals surface area contributed by atoms with Crippen molar-refractivity contribution in [2.75, 3.05) is 0 Å². The highest BCUT2D eigenvalue weighted by atomic mass is 16.3. The number of aliphatic hydroxyl groups is 1. The molecule has 0 aliphatic carbocycles. The maximum Gasteiger partial charge on any atom is 0.139 e. The molecule has 1 aromatic carbocycles. The number of aromatic nitrogens is 5. The highest BCUT2D eigenvalue weighted by Crippen LogP contribution is 2.19. The number of imidazole rings is 1. The van der Waals surface area contributed by atoms with Gasteiger partial charge in [-0.25, -0.2) is 9.67 Å². The molecule has 21 heavy (non-hydrogen) atoms. The molecule has 4 aromatic rings. The molecule has 6 nitrogen and oxygen atoms in total. The Morgan fingerprint density at radius 2 is 2.05 bits per heavy atom. The van der Waals surface area contributed by atoms with E-state index < -0.39 is 0 Å². The van der Waals surface area contributed by atoms with Gasteiger partial charge in [-0.05, 0) is 25.1 Å². The molecule has 4 rings (SSSR count). The smallest absolute Gasteiger partial charge is 0.139 e. The van der Waals surface area contributed by atoms with Crippen LogP contribution < -0.4 is 0 Å². The minimum absolute atomic E-state index is 0.0604. The van der Waals surface area contributed by atoms with E-state index in [0.29, 0.717) is 5.69 Å². The van der Waals surface area contributed by atoms with Gasteiger partial charge in [0.1, 0.15) is 11.2 Å². The minimum Gasteiger partial charge on any atom is -0.390 e. The van der Waals surface area contributed by atoms with Crippen molar-refractivity contribution in [2.24, 2.45) is 0 Å². The summed E-state index contributed by atoms with van der Waals surface area (Å²) in [6.45, 7) is 1.88. The third-order valence-electron chi connectivity index (χ3n) is 3.69. The van der Waals surface area contributed by atoms with Gasteiger partial charge < -0.3 is 9.51 Å². The normalized spacial score (nSPS) is 11.5. The first-order chi connectivity index (χ1) is 10.3. The average molecular weight is 279 g/mol. The quantitative estimate of drug-likeness (QED) is 0.608. The highest BCUT2D eigenvalue weighted by Gasteiger charge is 2.10. The van der Waals surface area contributed by atoms with E-state index in [2.05, 4.69) is 15.3 Å². The van der Waals surface area contributed by atoms with Crippen LogP contribution in [0.15, 0.2) is 42.6 Å². The maximum atomic E-state index is 9.31. The average Bonchev–Trinajstić information content (AvgIpc) is 3.08. The molecule has 3 heterocycles. The van der Waals surface area contributed by atoms with Gasteiger partial charge in [0.2, 0.25) is 0 Å². The third-order valence-corrected chi connectivity index (χ3v) is 3.69. The van der Waals surface area contributed by atoms with E-state index in [1.165, 1.54) is 0 Å². The second kappa shape index (κ2) is 4.39. The molecule has 104 valence electrons. The van der Waals surface area contributed by atoms with E-state index in [-0.39, 0.29) is 6.61 Å². The van der Waals surface area contributed by atoms with Gasteiger partial charge in [0, 0.05) is 18.0 Å². The predicted octanol–water partition coefficient (Wildman–Crippen LogP) is 1.87. The molecule has 0 aliphatic rings. The lowest BCUT2D eigenvalue weighted by atomic mass is 10.3. The first kappa shape index (κ1) is 12.0. The summed E-state index contributed by atoms with van der Waals surface area (Å²) in [5, 5.41) is 17.7.